The largest absolute Gasteiger partial charge is 0.256 e. The number of aromatic nitrogens is 1. The van der Waals surface area contributed by atoms with Crippen LogP contribution in [-0.4, -0.2) is 4.98 Å². The van der Waals surface area contributed by atoms with Crippen LogP contribution in [0.3, 0.4) is 0 Å². The minimum absolute atomic E-state index is 0.0604. The van der Waals surface area contributed by atoms with Crippen LogP contribution >= 0.6 is 0 Å². The lowest BCUT2D eigenvalue weighted by Crippen LogP contribution is -2.12. The van der Waals surface area contributed by atoms with E-state index in [4.69, 9.17) is 4.98 Å². The molecule has 0 radical (unpaired) electrons. The Morgan fingerprint density at radius 2 is 1.44 bits per heavy atom. The summed E-state index contributed by atoms with van der Waals surface area (Å²) in [5, 5.41) is 2.62. The molecule has 0 atom stereocenters. The molecule has 0 saturated heterocycles. The highest BCUT2D eigenvalue weighted by Gasteiger charge is 2.23. The lowest BCUT2D eigenvalue weighted by Gasteiger charge is -2.25. The van der Waals surface area contributed by atoms with Gasteiger partial charge >= 0.3 is 0 Å². The Kier molecular flexibility index (Phi) is 4.88. The van der Waals surface area contributed by atoms with Crippen LogP contribution in [-0.2, 0) is 18.3 Å². The van der Waals surface area contributed by atoms with Gasteiger partial charge in [-0.2, -0.15) is 0 Å². The van der Waals surface area contributed by atoms with E-state index in [2.05, 4.69) is 112 Å². The third kappa shape index (κ3) is 3.53. The van der Waals surface area contributed by atoms with Crippen molar-refractivity contribution in [2.45, 2.75) is 39.0 Å². The van der Waals surface area contributed by atoms with Gasteiger partial charge in [0, 0.05) is 11.8 Å². The highest BCUT2D eigenvalue weighted by atomic mass is 14.7. The predicted molar refractivity (Wildman–Crippen MR) is 144 cm³/mol. The Labute approximate surface area is 202 Å². The second-order valence-electron chi connectivity index (χ2n) is 10.4. The standard InChI is InChI=1S/C33H29N/c1-33(2,3)31-21-26(20-24-11-7-8-12-28(24)31)32-30-16-14-25-19-23(22-9-5-4-6-10-22)13-15-27(25)29(30)17-18-34-32/h4-13,15,17-21H,14,16H2,1-3H3. The van der Waals surface area contributed by atoms with E-state index >= 15 is 0 Å². The predicted octanol–water partition coefficient (Wildman–Crippen LogP) is 8.63. The number of hydrogen-bond acceptors (Lipinski definition) is 1. The van der Waals surface area contributed by atoms with Crippen molar-refractivity contribution < 1.29 is 0 Å². The van der Waals surface area contributed by atoms with Gasteiger partial charge in [0.25, 0.3) is 0 Å². The van der Waals surface area contributed by atoms with Crippen molar-refractivity contribution in [2.75, 3.05) is 0 Å². The van der Waals surface area contributed by atoms with E-state index in [1.807, 2.05) is 6.20 Å². The summed E-state index contributed by atoms with van der Waals surface area (Å²) in [4.78, 5) is 4.93. The molecule has 0 fully saturated rings. The van der Waals surface area contributed by atoms with Gasteiger partial charge in [-0.25, -0.2) is 0 Å². The maximum atomic E-state index is 4.93. The number of rotatable bonds is 2. The van der Waals surface area contributed by atoms with Crippen LogP contribution in [0, 0.1) is 0 Å². The van der Waals surface area contributed by atoms with E-state index < -0.39 is 0 Å². The molecule has 0 saturated carbocycles. The number of hydrogen-bond donors (Lipinski definition) is 0. The number of nitrogens with zero attached hydrogens (tertiary/aromatic N) is 1. The summed E-state index contributed by atoms with van der Waals surface area (Å²) in [6.07, 6.45) is 4.04. The fourth-order valence-electron chi connectivity index (χ4n) is 5.45. The third-order valence-corrected chi connectivity index (χ3v) is 7.15. The topological polar surface area (TPSA) is 12.9 Å². The number of pyridine rings is 1. The molecule has 5 aromatic rings. The van der Waals surface area contributed by atoms with Crippen LogP contribution in [0.2, 0.25) is 0 Å². The van der Waals surface area contributed by atoms with Crippen LogP contribution in [0.5, 0.6) is 0 Å². The van der Waals surface area contributed by atoms with Crippen molar-refractivity contribution in [3.63, 3.8) is 0 Å². The second kappa shape index (κ2) is 7.95. The summed E-state index contributed by atoms with van der Waals surface area (Å²) in [7, 11) is 0. The van der Waals surface area contributed by atoms with Crippen LogP contribution in [0.4, 0.5) is 0 Å². The first-order valence-corrected chi connectivity index (χ1v) is 12.2. The Balaban J connectivity index is 1.50. The fourth-order valence-corrected chi connectivity index (χ4v) is 5.45. The van der Waals surface area contributed by atoms with Crippen LogP contribution in [0.25, 0.3) is 44.3 Å². The molecule has 1 aliphatic carbocycles. The van der Waals surface area contributed by atoms with E-state index in [-0.39, 0.29) is 5.41 Å². The molecule has 4 aromatic carbocycles. The Hall–Kier alpha value is -3.71. The highest BCUT2D eigenvalue weighted by molar-refractivity contribution is 5.92. The Morgan fingerprint density at radius 3 is 2.26 bits per heavy atom. The maximum Gasteiger partial charge on any atom is 0.0740 e. The normalized spacial score (nSPS) is 12.9. The van der Waals surface area contributed by atoms with Crippen molar-refractivity contribution in [3.05, 3.63) is 114 Å². The smallest absolute Gasteiger partial charge is 0.0740 e. The molecule has 34 heavy (non-hydrogen) atoms. The third-order valence-electron chi connectivity index (χ3n) is 7.15. The van der Waals surface area contributed by atoms with Crippen molar-refractivity contribution in [1.29, 1.82) is 0 Å². The molecule has 0 aliphatic heterocycles. The van der Waals surface area contributed by atoms with E-state index in [0.717, 1.165) is 18.5 Å². The van der Waals surface area contributed by atoms with Gasteiger partial charge < -0.3 is 0 Å². The van der Waals surface area contributed by atoms with Crippen LogP contribution in [0.1, 0.15) is 37.5 Å². The highest BCUT2D eigenvalue weighted by Crippen LogP contribution is 2.41. The molecule has 1 nitrogen and oxygen atoms in total. The Morgan fingerprint density at radius 1 is 0.647 bits per heavy atom. The van der Waals surface area contributed by atoms with Crippen molar-refractivity contribution >= 4 is 10.8 Å². The summed E-state index contributed by atoms with van der Waals surface area (Å²) in [6.45, 7) is 6.90. The molecule has 0 N–H and O–H groups in total. The zero-order valence-electron chi connectivity index (χ0n) is 20.1. The second-order valence-corrected chi connectivity index (χ2v) is 10.4. The molecule has 0 amide bonds. The summed E-state index contributed by atoms with van der Waals surface area (Å²) >= 11 is 0. The Bertz CT molecular complexity index is 1520. The first kappa shape index (κ1) is 20.9. The van der Waals surface area contributed by atoms with E-state index in [1.54, 1.807) is 0 Å². The summed E-state index contributed by atoms with van der Waals surface area (Å²) in [5.74, 6) is 0. The SMILES string of the molecule is CC(C)(C)c1cc(-c2nccc3c2CCc2cc(-c4ccccc4)ccc2-3)cc2ccccc12. The van der Waals surface area contributed by atoms with Gasteiger partial charge in [0.1, 0.15) is 0 Å². The van der Waals surface area contributed by atoms with Crippen molar-refractivity contribution in [3.8, 4) is 33.5 Å². The average Bonchev–Trinajstić information content (AvgIpc) is 2.87. The lowest BCUT2D eigenvalue weighted by atomic mass is 9.80. The van der Waals surface area contributed by atoms with Gasteiger partial charge in [-0.05, 0) is 86.2 Å². The number of fused-ring (bicyclic) bond motifs is 4. The average molecular weight is 440 g/mol. The molecule has 1 aliphatic rings. The van der Waals surface area contributed by atoms with Crippen molar-refractivity contribution in [2.24, 2.45) is 0 Å². The lowest BCUT2D eigenvalue weighted by molar-refractivity contribution is 0.596. The minimum Gasteiger partial charge on any atom is -0.256 e. The van der Waals surface area contributed by atoms with Gasteiger partial charge in [0.15, 0.2) is 0 Å². The maximum absolute atomic E-state index is 4.93. The van der Waals surface area contributed by atoms with Gasteiger partial charge in [-0.15, -0.1) is 0 Å². The van der Waals surface area contributed by atoms with Gasteiger partial charge in [-0.3, -0.25) is 4.98 Å². The van der Waals surface area contributed by atoms with Crippen LogP contribution < -0.4 is 0 Å². The first-order valence-electron chi connectivity index (χ1n) is 12.2. The van der Waals surface area contributed by atoms with Gasteiger partial charge in [0.2, 0.25) is 0 Å². The van der Waals surface area contributed by atoms with E-state index in [0.29, 0.717) is 0 Å². The molecule has 166 valence electrons. The summed E-state index contributed by atoms with van der Waals surface area (Å²) in [6, 6.07) is 33.2. The molecule has 0 unspecified atom stereocenters. The van der Waals surface area contributed by atoms with E-state index in [9.17, 15) is 0 Å². The van der Waals surface area contributed by atoms with Gasteiger partial charge in [0.05, 0.1) is 5.69 Å². The molecule has 1 aromatic heterocycles. The quantitative estimate of drug-likeness (QED) is 0.268. The molecular formula is C33H29N. The zero-order chi connectivity index (χ0) is 23.3. The monoisotopic (exact) mass is 439 g/mol. The molecule has 1 heterocycles. The summed E-state index contributed by atoms with van der Waals surface area (Å²) < 4.78 is 0. The van der Waals surface area contributed by atoms with Gasteiger partial charge in [-0.1, -0.05) is 93.6 Å². The molecule has 0 spiro atoms. The minimum atomic E-state index is 0.0604. The van der Waals surface area contributed by atoms with Crippen molar-refractivity contribution in [1.82, 2.24) is 4.98 Å². The number of aryl methyl sites for hydroxylation is 1. The molecule has 0 bridgehead atoms. The molecular weight excluding hydrogens is 410 g/mol. The van der Waals surface area contributed by atoms with Crippen LogP contribution in [0.15, 0.2) is 97.2 Å². The first-order chi connectivity index (χ1) is 16.5. The summed E-state index contributed by atoms with van der Waals surface area (Å²) in [5.41, 5.74) is 11.8. The zero-order valence-corrected chi connectivity index (χ0v) is 20.1. The molecule has 1 heteroatoms. The number of benzene rings is 4. The molecule has 6 rings (SSSR count). The fraction of sp³-hybridized carbons (Fsp3) is 0.182. The van der Waals surface area contributed by atoms with E-state index in [1.165, 1.54) is 55.3 Å².